The van der Waals surface area contributed by atoms with Crippen LogP contribution in [-0.4, -0.2) is 26.4 Å². The smallest absolute Gasteiger partial charge is 0.107 e. The summed E-state index contributed by atoms with van der Waals surface area (Å²) in [5.41, 5.74) is 0. The molecule has 0 aliphatic carbocycles. The molecule has 0 aliphatic rings. The van der Waals surface area contributed by atoms with E-state index in [4.69, 9.17) is 22.3 Å². The standard InChI is InChI=1S/C10H12O2/c1-3-7-11-9-5-6-10-12-8-4-2/h1-2,5-6H,7-10H2/b6-5+. The van der Waals surface area contributed by atoms with Gasteiger partial charge in [0.15, 0.2) is 0 Å². The molecule has 0 amide bonds. The first-order valence-corrected chi connectivity index (χ1v) is 3.59. The number of hydrogen-bond donors (Lipinski definition) is 0. The van der Waals surface area contributed by atoms with Crippen LogP contribution in [0.25, 0.3) is 0 Å². The van der Waals surface area contributed by atoms with E-state index in [9.17, 15) is 0 Å². The highest BCUT2D eigenvalue weighted by atomic mass is 16.5. The van der Waals surface area contributed by atoms with Gasteiger partial charge in [0, 0.05) is 0 Å². The maximum Gasteiger partial charge on any atom is 0.107 e. The van der Waals surface area contributed by atoms with E-state index >= 15 is 0 Å². The molecule has 0 heterocycles. The van der Waals surface area contributed by atoms with Gasteiger partial charge in [0.25, 0.3) is 0 Å². The number of terminal acetylenes is 2. The highest BCUT2D eigenvalue weighted by molar-refractivity contribution is 4.87. The van der Waals surface area contributed by atoms with Crippen LogP contribution in [0.2, 0.25) is 0 Å². The van der Waals surface area contributed by atoms with Gasteiger partial charge >= 0.3 is 0 Å². The van der Waals surface area contributed by atoms with Gasteiger partial charge < -0.3 is 9.47 Å². The van der Waals surface area contributed by atoms with Crippen LogP contribution in [0.4, 0.5) is 0 Å². The third kappa shape index (κ3) is 8.78. The Balaban J connectivity index is 3.06. The van der Waals surface area contributed by atoms with Crippen molar-refractivity contribution in [3.8, 4) is 24.7 Å². The Hall–Kier alpha value is -1.22. The molecule has 0 rings (SSSR count). The first kappa shape index (κ1) is 10.8. The molecule has 0 aromatic heterocycles. The van der Waals surface area contributed by atoms with Gasteiger partial charge in [-0.15, -0.1) is 12.8 Å². The number of hydrogen-bond acceptors (Lipinski definition) is 2. The molecule has 0 spiro atoms. The van der Waals surface area contributed by atoms with E-state index in [2.05, 4.69) is 11.8 Å². The Morgan fingerprint density at radius 1 is 0.917 bits per heavy atom. The summed E-state index contributed by atoms with van der Waals surface area (Å²) in [6.45, 7) is 1.72. The minimum absolute atomic E-state index is 0.343. The molecule has 0 aromatic carbocycles. The van der Waals surface area contributed by atoms with Crippen molar-refractivity contribution >= 4 is 0 Å². The minimum Gasteiger partial charge on any atom is -0.365 e. The molecule has 0 N–H and O–H groups in total. The molecule has 0 unspecified atom stereocenters. The molecular weight excluding hydrogens is 152 g/mol. The highest BCUT2D eigenvalue weighted by Gasteiger charge is 1.78. The normalized spacial score (nSPS) is 9.50. The van der Waals surface area contributed by atoms with Crippen molar-refractivity contribution in [2.75, 3.05) is 26.4 Å². The van der Waals surface area contributed by atoms with E-state index in [1.54, 1.807) is 0 Å². The summed E-state index contributed by atoms with van der Waals surface area (Å²) in [5.74, 6) is 4.73. The zero-order valence-electron chi connectivity index (χ0n) is 6.95. The van der Waals surface area contributed by atoms with E-state index in [-0.39, 0.29) is 0 Å². The third-order valence-corrected chi connectivity index (χ3v) is 0.966. The average Bonchev–Trinajstić information content (AvgIpc) is 2.10. The predicted molar refractivity (Wildman–Crippen MR) is 48.4 cm³/mol. The van der Waals surface area contributed by atoms with E-state index in [0.717, 1.165) is 0 Å². The van der Waals surface area contributed by atoms with Crippen LogP contribution in [0, 0.1) is 24.7 Å². The second-order valence-electron chi connectivity index (χ2n) is 1.91. The average molecular weight is 164 g/mol. The maximum atomic E-state index is 4.97. The fourth-order valence-electron chi connectivity index (χ4n) is 0.508. The Labute approximate surface area is 73.6 Å². The van der Waals surface area contributed by atoms with Crippen molar-refractivity contribution in [3.63, 3.8) is 0 Å². The molecule has 0 radical (unpaired) electrons. The van der Waals surface area contributed by atoms with Gasteiger partial charge in [0.05, 0.1) is 13.2 Å². The maximum absolute atomic E-state index is 4.97. The van der Waals surface area contributed by atoms with Crippen molar-refractivity contribution in [1.82, 2.24) is 0 Å². The van der Waals surface area contributed by atoms with Gasteiger partial charge in [-0.25, -0.2) is 0 Å². The van der Waals surface area contributed by atoms with Gasteiger partial charge in [-0.05, 0) is 0 Å². The summed E-state index contributed by atoms with van der Waals surface area (Å²) < 4.78 is 9.94. The molecule has 0 bridgehead atoms. The summed E-state index contributed by atoms with van der Waals surface area (Å²) in [7, 11) is 0. The largest absolute Gasteiger partial charge is 0.365 e. The second kappa shape index (κ2) is 9.78. The lowest BCUT2D eigenvalue weighted by Crippen LogP contribution is -1.93. The molecule has 2 heteroatoms. The van der Waals surface area contributed by atoms with Crippen molar-refractivity contribution < 1.29 is 9.47 Å². The third-order valence-electron chi connectivity index (χ3n) is 0.966. The highest BCUT2D eigenvalue weighted by Crippen LogP contribution is 1.79. The Morgan fingerprint density at radius 3 is 1.67 bits per heavy atom. The lowest BCUT2D eigenvalue weighted by atomic mass is 10.5. The summed E-state index contributed by atoms with van der Waals surface area (Å²) in [6.07, 6.45) is 13.6. The molecule has 0 fully saturated rings. The predicted octanol–water partition coefficient (Wildman–Crippen LogP) is 0.842. The van der Waals surface area contributed by atoms with Crippen molar-refractivity contribution in [2.45, 2.75) is 0 Å². The first-order valence-electron chi connectivity index (χ1n) is 3.59. The van der Waals surface area contributed by atoms with E-state index in [1.165, 1.54) is 0 Å². The van der Waals surface area contributed by atoms with Gasteiger partial charge in [-0.3, -0.25) is 0 Å². The molecule has 0 aromatic rings. The zero-order valence-corrected chi connectivity index (χ0v) is 6.95. The van der Waals surface area contributed by atoms with Crippen molar-refractivity contribution in [3.05, 3.63) is 12.2 Å². The summed E-state index contributed by atoms with van der Waals surface area (Å²) >= 11 is 0. The monoisotopic (exact) mass is 164 g/mol. The number of rotatable bonds is 6. The molecule has 12 heavy (non-hydrogen) atoms. The van der Waals surface area contributed by atoms with E-state index < -0.39 is 0 Å². The molecule has 64 valence electrons. The Bertz CT molecular complexity index is 171. The second-order valence-corrected chi connectivity index (χ2v) is 1.91. The van der Waals surface area contributed by atoms with Gasteiger partial charge in [0.1, 0.15) is 13.2 Å². The van der Waals surface area contributed by atoms with Crippen molar-refractivity contribution in [2.24, 2.45) is 0 Å². The zero-order chi connectivity index (χ0) is 9.07. The van der Waals surface area contributed by atoms with Crippen LogP contribution in [0.1, 0.15) is 0 Å². The Morgan fingerprint density at radius 2 is 1.33 bits per heavy atom. The van der Waals surface area contributed by atoms with Gasteiger partial charge in [0.2, 0.25) is 0 Å². The van der Waals surface area contributed by atoms with E-state index in [1.807, 2.05) is 12.2 Å². The van der Waals surface area contributed by atoms with Crippen molar-refractivity contribution in [1.29, 1.82) is 0 Å². The first-order chi connectivity index (χ1) is 5.91. The molecule has 2 nitrogen and oxygen atoms in total. The summed E-state index contributed by atoms with van der Waals surface area (Å²) in [5, 5.41) is 0. The summed E-state index contributed by atoms with van der Waals surface area (Å²) in [6, 6.07) is 0. The lowest BCUT2D eigenvalue weighted by Gasteiger charge is -1.93. The molecule has 0 saturated carbocycles. The minimum atomic E-state index is 0.343. The van der Waals surface area contributed by atoms with Gasteiger partial charge in [-0.2, -0.15) is 0 Å². The van der Waals surface area contributed by atoms with Gasteiger partial charge in [-0.1, -0.05) is 24.0 Å². The topological polar surface area (TPSA) is 18.5 Å². The fraction of sp³-hybridized carbons (Fsp3) is 0.400. The molecule has 0 aliphatic heterocycles. The molecular formula is C10H12O2. The lowest BCUT2D eigenvalue weighted by molar-refractivity contribution is 0.190. The van der Waals surface area contributed by atoms with Crippen LogP contribution in [0.15, 0.2) is 12.2 Å². The van der Waals surface area contributed by atoms with Crippen LogP contribution in [-0.2, 0) is 9.47 Å². The number of ether oxygens (including phenoxy) is 2. The van der Waals surface area contributed by atoms with Crippen LogP contribution in [0.5, 0.6) is 0 Å². The molecule has 0 atom stereocenters. The molecule has 0 saturated heterocycles. The van der Waals surface area contributed by atoms with Crippen LogP contribution >= 0.6 is 0 Å². The van der Waals surface area contributed by atoms with E-state index in [0.29, 0.717) is 26.4 Å². The SMILES string of the molecule is C#CCOC/C=C/COCC#C. The van der Waals surface area contributed by atoms with Crippen LogP contribution < -0.4 is 0 Å². The fourth-order valence-corrected chi connectivity index (χ4v) is 0.508. The quantitative estimate of drug-likeness (QED) is 0.329. The Kier molecular flexibility index (Phi) is 8.79. The summed E-state index contributed by atoms with van der Waals surface area (Å²) in [4.78, 5) is 0. The van der Waals surface area contributed by atoms with Crippen LogP contribution in [0.3, 0.4) is 0 Å².